The third-order valence-electron chi connectivity index (χ3n) is 2.85. The average Bonchev–Trinajstić information content (AvgIpc) is 2.66. The van der Waals surface area contributed by atoms with E-state index >= 15 is 0 Å². The predicted octanol–water partition coefficient (Wildman–Crippen LogP) is -1.38. The third-order valence-corrected chi connectivity index (χ3v) is 2.85. The summed E-state index contributed by atoms with van der Waals surface area (Å²) in [6, 6.07) is 5.74. The topological polar surface area (TPSA) is 181 Å². The first-order chi connectivity index (χ1) is 12.4. The smallest absolute Gasteiger partial charge is 0.335 e. The molecule has 0 aliphatic carbocycles. The highest BCUT2D eigenvalue weighted by molar-refractivity contribution is 5.83. The van der Waals surface area contributed by atoms with E-state index in [1.165, 1.54) is 0 Å². The van der Waals surface area contributed by atoms with Crippen LogP contribution in [0.25, 0.3) is 11.4 Å². The summed E-state index contributed by atoms with van der Waals surface area (Å²) in [5.41, 5.74) is 0.869. The van der Waals surface area contributed by atoms with E-state index < -0.39 is 24.1 Å². The number of hydrogen-bond acceptors (Lipinski definition) is 8. The molecule has 0 aromatic carbocycles. The van der Waals surface area contributed by atoms with Crippen LogP contribution in [0.15, 0.2) is 36.9 Å². The van der Waals surface area contributed by atoms with Gasteiger partial charge in [-0.1, -0.05) is 4.68 Å². The highest BCUT2D eigenvalue weighted by Gasteiger charge is 2.29. The number of aliphatic hydroxyl groups excluding tert-OH is 2. The maximum Gasteiger partial charge on any atom is 0.335 e. The van der Waals surface area contributed by atoms with E-state index in [1.807, 2.05) is 12.3 Å². The summed E-state index contributed by atoms with van der Waals surface area (Å²) in [6.45, 7) is 0.604. The normalized spacial score (nSPS) is 12.0. The summed E-state index contributed by atoms with van der Waals surface area (Å²) in [4.78, 5) is 27.8. The van der Waals surface area contributed by atoms with Crippen LogP contribution in [0.1, 0.15) is 6.42 Å². The molecule has 0 aliphatic heterocycles. The molecule has 0 aliphatic rings. The molecule has 26 heavy (non-hydrogen) atoms. The highest BCUT2D eigenvalue weighted by Crippen LogP contribution is 2.09. The fraction of sp³-hybridized carbons (Fsp3) is 0.267. The molecule has 0 amide bonds. The Morgan fingerprint density at radius 1 is 1.15 bits per heavy atom. The highest BCUT2D eigenvalue weighted by atomic mass is 16.4. The lowest BCUT2D eigenvalue weighted by atomic mass is 10.2. The second-order valence-corrected chi connectivity index (χ2v) is 4.73. The number of nitrogens with zero attached hydrogens (tertiary/aromatic N) is 5. The summed E-state index contributed by atoms with van der Waals surface area (Å²) < 4.78 is 1.72. The zero-order valence-electron chi connectivity index (χ0n) is 13.4. The van der Waals surface area contributed by atoms with Crippen molar-refractivity contribution >= 4 is 11.9 Å². The van der Waals surface area contributed by atoms with Crippen LogP contribution in [0.3, 0.4) is 0 Å². The minimum atomic E-state index is -2.27. The molecule has 2 heterocycles. The van der Waals surface area contributed by atoms with Crippen LogP contribution < -0.4 is 4.68 Å². The summed E-state index contributed by atoms with van der Waals surface area (Å²) in [5.74, 6) is -2.88. The Balaban J connectivity index is 0.000000294. The zero-order chi connectivity index (χ0) is 19.5. The van der Waals surface area contributed by atoms with Crippen molar-refractivity contribution in [3.8, 4) is 17.5 Å². The van der Waals surface area contributed by atoms with Crippen LogP contribution in [-0.2, 0) is 16.1 Å². The number of carboxylic acid groups (broad SMARTS) is 2. The van der Waals surface area contributed by atoms with Crippen molar-refractivity contribution in [2.24, 2.45) is 0 Å². The number of aliphatic carboxylic acids is 2. The van der Waals surface area contributed by atoms with E-state index in [1.54, 1.807) is 29.3 Å². The molecule has 2 unspecified atom stereocenters. The van der Waals surface area contributed by atoms with Gasteiger partial charge in [-0.15, -0.1) is 0 Å². The molecule has 2 rings (SSSR count). The maximum atomic E-state index is 9.77. The number of carbonyl (C=O) groups is 2. The Labute approximate surface area is 147 Å². The van der Waals surface area contributed by atoms with Crippen molar-refractivity contribution in [3.05, 3.63) is 36.9 Å². The van der Waals surface area contributed by atoms with Crippen molar-refractivity contribution in [2.75, 3.05) is 0 Å². The number of aryl methyl sites for hydroxylation is 1. The van der Waals surface area contributed by atoms with Gasteiger partial charge in [0.25, 0.3) is 0 Å². The molecule has 0 saturated heterocycles. The lowest BCUT2D eigenvalue weighted by Crippen LogP contribution is -2.39. The summed E-state index contributed by atoms with van der Waals surface area (Å²) >= 11 is 0. The zero-order valence-corrected chi connectivity index (χ0v) is 13.4. The number of carboxylic acids is 2. The molecular formula is C15H16N5O6+. The number of rotatable bonds is 6. The van der Waals surface area contributed by atoms with Gasteiger partial charge in [-0.3, -0.25) is 0 Å². The van der Waals surface area contributed by atoms with Gasteiger partial charge in [0.15, 0.2) is 30.8 Å². The molecule has 0 radical (unpaired) electrons. The molecule has 11 heteroatoms. The lowest BCUT2D eigenvalue weighted by Gasteiger charge is -2.07. The van der Waals surface area contributed by atoms with Gasteiger partial charge in [0, 0.05) is 24.0 Å². The van der Waals surface area contributed by atoms with Gasteiger partial charge in [-0.25, -0.2) is 19.6 Å². The Kier molecular flexibility index (Phi) is 8.21. The van der Waals surface area contributed by atoms with Crippen molar-refractivity contribution in [1.82, 2.24) is 15.1 Å². The molecule has 11 nitrogen and oxygen atoms in total. The van der Waals surface area contributed by atoms with Gasteiger partial charge in [0.2, 0.25) is 0 Å². The van der Waals surface area contributed by atoms with Gasteiger partial charge in [0.05, 0.1) is 12.5 Å². The minimum Gasteiger partial charge on any atom is -0.479 e. The Morgan fingerprint density at radius 3 is 2.15 bits per heavy atom. The van der Waals surface area contributed by atoms with Gasteiger partial charge < -0.3 is 20.4 Å². The number of hydrogen-bond donors (Lipinski definition) is 4. The van der Waals surface area contributed by atoms with E-state index in [0.717, 1.165) is 5.56 Å². The SMILES string of the molecule is N#CCC[n+]1ccc(-c2ncccn2)cn1.O=C(O)C(O)C(O)C(=O)O. The molecular weight excluding hydrogens is 346 g/mol. The third kappa shape index (κ3) is 6.56. The molecule has 2 aromatic rings. The first-order valence-electron chi connectivity index (χ1n) is 7.18. The quantitative estimate of drug-likeness (QED) is 0.447. The summed E-state index contributed by atoms with van der Waals surface area (Å²) in [5, 5.41) is 45.2. The second-order valence-electron chi connectivity index (χ2n) is 4.73. The van der Waals surface area contributed by atoms with Crippen LogP contribution in [-0.4, -0.2) is 59.6 Å². The van der Waals surface area contributed by atoms with E-state index in [9.17, 15) is 9.59 Å². The van der Waals surface area contributed by atoms with Gasteiger partial charge in [0.1, 0.15) is 6.20 Å². The van der Waals surface area contributed by atoms with E-state index in [4.69, 9.17) is 25.7 Å². The van der Waals surface area contributed by atoms with Crippen molar-refractivity contribution < 1.29 is 34.7 Å². The van der Waals surface area contributed by atoms with Gasteiger partial charge >= 0.3 is 11.9 Å². The molecule has 2 atom stereocenters. The maximum absolute atomic E-state index is 9.77. The Morgan fingerprint density at radius 2 is 1.73 bits per heavy atom. The van der Waals surface area contributed by atoms with Gasteiger partial charge in [-0.2, -0.15) is 5.26 Å². The second kappa shape index (κ2) is 10.4. The van der Waals surface area contributed by atoms with E-state index in [0.29, 0.717) is 18.8 Å². The Hall–Kier alpha value is -3.49. The van der Waals surface area contributed by atoms with E-state index in [-0.39, 0.29) is 0 Å². The first kappa shape index (κ1) is 20.6. The molecule has 0 fully saturated rings. The number of aromatic nitrogens is 4. The monoisotopic (exact) mass is 362 g/mol. The fourth-order valence-corrected chi connectivity index (χ4v) is 1.53. The van der Waals surface area contributed by atoms with E-state index in [2.05, 4.69) is 21.1 Å². The van der Waals surface area contributed by atoms with Crippen LogP contribution in [0.4, 0.5) is 0 Å². The van der Waals surface area contributed by atoms with Crippen LogP contribution in [0, 0.1) is 11.3 Å². The Bertz CT molecular complexity index is 744. The molecule has 0 bridgehead atoms. The van der Waals surface area contributed by atoms with Crippen LogP contribution >= 0.6 is 0 Å². The number of nitriles is 1. The van der Waals surface area contributed by atoms with Gasteiger partial charge in [-0.05, 0) is 11.2 Å². The van der Waals surface area contributed by atoms with Crippen LogP contribution in [0.5, 0.6) is 0 Å². The fourth-order valence-electron chi connectivity index (χ4n) is 1.53. The molecule has 0 saturated carbocycles. The summed E-state index contributed by atoms with van der Waals surface area (Å²) in [7, 11) is 0. The summed E-state index contributed by atoms with van der Waals surface area (Å²) in [6.07, 6.45) is 2.84. The number of aliphatic hydroxyl groups is 2. The van der Waals surface area contributed by atoms with Crippen LogP contribution in [0.2, 0.25) is 0 Å². The van der Waals surface area contributed by atoms with Crippen molar-refractivity contribution in [3.63, 3.8) is 0 Å². The predicted molar refractivity (Wildman–Crippen MR) is 83.0 cm³/mol. The molecule has 136 valence electrons. The largest absolute Gasteiger partial charge is 0.479 e. The van der Waals surface area contributed by atoms with Crippen molar-refractivity contribution in [2.45, 2.75) is 25.2 Å². The molecule has 0 spiro atoms. The minimum absolute atomic E-state index is 0.457. The lowest BCUT2D eigenvalue weighted by molar-refractivity contribution is -0.752. The van der Waals surface area contributed by atoms with Crippen molar-refractivity contribution in [1.29, 1.82) is 5.26 Å². The first-order valence-corrected chi connectivity index (χ1v) is 7.18. The molecule has 2 aromatic heterocycles. The molecule has 4 N–H and O–H groups in total. The standard InChI is InChI=1S/C11H10N5.C4H6O6/c12-4-1-7-16-8-3-10(9-15-16)11-13-5-2-6-14-11;5-1(3(7)8)2(6)4(9)10/h2-3,5-6,8-9H,1,7H2;1-2,5-6H,(H,7,8)(H,9,10)/q+1;. The average molecular weight is 362 g/mol.